The van der Waals surface area contributed by atoms with Gasteiger partial charge in [0.2, 0.25) is 0 Å². The Bertz CT molecular complexity index is 773. The summed E-state index contributed by atoms with van der Waals surface area (Å²) in [7, 11) is 0. The number of carbonyl (C=O) groups is 3. The molecule has 0 aliphatic carbocycles. The van der Waals surface area contributed by atoms with E-state index in [4.69, 9.17) is 4.74 Å². The van der Waals surface area contributed by atoms with Crippen LogP contribution in [0.15, 0.2) is 60.7 Å². The molecule has 0 amide bonds. The van der Waals surface area contributed by atoms with Crippen molar-refractivity contribution in [2.45, 2.75) is 37.6 Å². The summed E-state index contributed by atoms with van der Waals surface area (Å²) in [5.74, 6) is -2.44. The first-order valence-corrected chi connectivity index (χ1v) is 9.09. The average Bonchev–Trinajstić information content (AvgIpc) is 2.72. The molecule has 0 bridgehead atoms. The first kappa shape index (κ1) is 22.4. The van der Waals surface area contributed by atoms with Gasteiger partial charge in [-0.05, 0) is 11.1 Å². The van der Waals surface area contributed by atoms with E-state index in [1.54, 1.807) is 60.7 Å². The van der Waals surface area contributed by atoms with Crippen molar-refractivity contribution in [3.8, 4) is 0 Å². The highest BCUT2D eigenvalue weighted by Gasteiger charge is 2.50. The van der Waals surface area contributed by atoms with E-state index in [1.165, 1.54) is 0 Å². The second kappa shape index (κ2) is 10.1. The Balaban J connectivity index is 2.21. The Morgan fingerprint density at radius 3 is 1.55 bits per heavy atom. The van der Waals surface area contributed by atoms with E-state index in [0.717, 1.165) is 6.92 Å². The number of esters is 1. The number of hydrogen-bond donors (Lipinski definition) is 3. The van der Waals surface area contributed by atoms with E-state index in [-0.39, 0.29) is 12.8 Å². The van der Waals surface area contributed by atoms with Crippen LogP contribution in [0.5, 0.6) is 0 Å². The second-order valence-electron chi connectivity index (χ2n) is 6.83. The van der Waals surface area contributed by atoms with Crippen molar-refractivity contribution >= 4 is 17.5 Å². The molecule has 0 saturated carbocycles. The highest BCUT2D eigenvalue weighted by atomic mass is 16.5. The van der Waals surface area contributed by atoms with Crippen LogP contribution in [-0.4, -0.2) is 57.3 Å². The molecule has 0 aromatic heterocycles. The van der Waals surface area contributed by atoms with Gasteiger partial charge in [0.05, 0.1) is 0 Å². The standard InChI is InChI=1S/C22H24O7/c1-15(23)29-14-22(28,20(26)18(24)12-16-8-4-2-5-9-16)21(27)19(25)13-17-10-6-3-7-11-17/h2-11,20-21,26-28H,12-14H2,1H3. The predicted octanol–water partition coefficient (Wildman–Crippen LogP) is 0.626. The third-order valence-electron chi connectivity index (χ3n) is 4.51. The zero-order valence-electron chi connectivity index (χ0n) is 16.0. The Morgan fingerprint density at radius 1 is 0.828 bits per heavy atom. The molecule has 0 saturated heterocycles. The quantitative estimate of drug-likeness (QED) is 0.500. The molecular weight excluding hydrogens is 376 g/mol. The van der Waals surface area contributed by atoms with E-state index in [9.17, 15) is 29.7 Å². The molecule has 0 aliphatic rings. The summed E-state index contributed by atoms with van der Waals surface area (Å²) in [5, 5.41) is 31.9. The highest BCUT2D eigenvalue weighted by molar-refractivity contribution is 5.90. The lowest BCUT2D eigenvalue weighted by Gasteiger charge is -2.35. The molecule has 0 aliphatic heterocycles. The predicted molar refractivity (Wildman–Crippen MR) is 104 cm³/mol. The highest BCUT2D eigenvalue weighted by Crippen LogP contribution is 2.22. The van der Waals surface area contributed by atoms with Crippen molar-refractivity contribution in [2.75, 3.05) is 6.61 Å². The molecule has 2 aromatic rings. The number of hydrogen-bond acceptors (Lipinski definition) is 7. The number of ketones is 2. The van der Waals surface area contributed by atoms with Crippen LogP contribution >= 0.6 is 0 Å². The van der Waals surface area contributed by atoms with Crippen molar-refractivity contribution in [2.24, 2.45) is 0 Å². The molecule has 0 fully saturated rings. The third-order valence-corrected chi connectivity index (χ3v) is 4.51. The smallest absolute Gasteiger partial charge is 0.302 e. The summed E-state index contributed by atoms with van der Waals surface area (Å²) < 4.78 is 4.74. The molecule has 0 radical (unpaired) electrons. The fourth-order valence-corrected chi connectivity index (χ4v) is 2.87. The van der Waals surface area contributed by atoms with Gasteiger partial charge in [0.15, 0.2) is 17.2 Å². The van der Waals surface area contributed by atoms with Gasteiger partial charge < -0.3 is 20.1 Å². The number of ether oxygens (including phenoxy) is 1. The van der Waals surface area contributed by atoms with Gasteiger partial charge in [-0.25, -0.2) is 0 Å². The summed E-state index contributed by atoms with van der Waals surface area (Å²) in [6.07, 6.45) is -4.75. The van der Waals surface area contributed by atoms with Gasteiger partial charge in [0.25, 0.3) is 0 Å². The normalized spacial score (nSPS) is 15.0. The fraction of sp³-hybridized carbons (Fsp3) is 0.318. The fourth-order valence-electron chi connectivity index (χ4n) is 2.87. The Kier molecular flexibility index (Phi) is 7.78. The molecule has 0 heterocycles. The molecule has 154 valence electrons. The van der Waals surface area contributed by atoms with Crippen LogP contribution in [0.4, 0.5) is 0 Å². The van der Waals surface area contributed by atoms with Crippen LogP contribution in [0.2, 0.25) is 0 Å². The molecule has 2 rings (SSSR count). The van der Waals surface area contributed by atoms with Gasteiger partial charge in [0.1, 0.15) is 18.8 Å². The molecule has 2 aromatic carbocycles. The maximum Gasteiger partial charge on any atom is 0.302 e. The topological polar surface area (TPSA) is 121 Å². The lowest BCUT2D eigenvalue weighted by Crippen LogP contribution is -2.61. The summed E-state index contributed by atoms with van der Waals surface area (Å²) in [5.41, 5.74) is -1.52. The van der Waals surface area contributed by atoms with E-state index in [1.807, 2.05) is 0 Å². The van der Waals surface area contributed by atoms with E-state index in [2.05, 4.69) is 0 Å². The molecule has 2 unspecified atom stereocenters. The zero-order chi connectivity index (χ0) is 21.4. The minimum Gasteiger partial charge on any atom is -0.463 e. The number of aliphatic hydroxyl groups is 3. The summed E-state index contributed by atoms with van der Waals surface area (Å²) in [4.78, 5) is 36.2. The Labute approximate surface area is 168 Å². The van der Waals surface area contributed by atoms with Gasteiger partial charge in [-0.3, -0.25) is 14.4 Å². The van der Waals surface area contributed by atoms with Crippen LogP contribution in [-0.2, 0) is 32.0 Å². The molecule has 3 N–H and O–H groups in total. The van der Waals surface area contributed by atoms with Gasteiger partial charge in [-0.2, -0.15) is 0 Å². The maximum absolute atomic E-state index is 12.5. The number of Topliss-reactive ketones (excluding diaryl/α,β-unsaturated/α-hetero) is 2. The van der Waals surface area contributed by atoms with Gasteiger partial charge in [-0.1, -0.05) is 60.7 Å². The molecule has 7 nitrogen and oxygen atoms in total. The SMILES string of the molecule is CC(=O)OCC(O)(C(O)C(=O)Cc1ccccc1)C(O)C(=O)Cc1ccccc1. The monoisotopic (exact) mass is 400 g/mol. The lowest BCUT2D eigenvalue weighted by atomic mass is 9.83. The summed E-state index contributed by atoms with van der Waals surface area (Å²) >= 11 is 0. The first-order chi connectivity index (χ1) is 13.7. The molecule has 29 heavy (non-hydrogen) atoms. The van der Waals surface area contributed by atoms with Crippen molar-refractivity contribution in [3.05, 3.63) is 71.8 Å². The third kappa shape index (κ3) is 6.05. The maximum atomic E-state index is 12.5. The Hall–Kier alpha value is -2.87. The summed E-state index contributed by atoms with van der Waals surface area (Å²) in [6.45, 7) is 0.155. The van der Waals surface area contributed by atoms with Crippen molar-refractivity contribution in [1.82, 2.24) is 0 Å². The van der Waals surface area contributed by atoms with Crippen molar-refractivity contribution in [3.63, 3.8) is 0 Å². The van der Waals surface area contributed by atoms with Crippen LogP contribution in [0, 0.1) is 0 Å². The second-order valence-corrected chi connectivity index (χ2v) is 6.83. The number of aliphatic hydroxyl groups excluding tert-OH is 2. The number of rotatable bonds is 10. The summed E-state index contributed by atoms with van der Waals surface area (Å²) in [6, 6.07) is 17.0. The lowest BCUT2D eigenvalue weighted by molar-refractivity contribution is -0.190. The molecule has 0 spiro atoms. The molecule has 2 atom stereocenters. The van der Waals surface area contributed by atoms with Gasteiger partial charge >= 0.3 is 5.97 Å². The van der Waals surface area contributed by atoms with E-state index < -0.39 is 42.0 Å². The van der Waals surface area contributed by atoms with E-state index >= 15 is 0 Å². The number of carbonyl (C=O) groups excluding carboxylic acids is 3. The van der Waals surface area contributed by atoms with Gasteiger partial charge in [0, 0.05) is 19.8 Å². The van der Waals surface area contributed by atoms with Crippen LogP contribution < -0.4 is 0 Å². The Morgan fingerprint density at radius 2 is 1.21 bits per heavy atom. The van der Waals surface area contributed by atoms with E-state index in [0.29, 0.717) is 11.1 Å². The van der Waals surface area contributed by atoms with Crippen molar-refractivity contribution in [1.29, 1.82) is 0 Å². The largest absolute Gasteiger partial charge is 0.463 e. The minimum absolute atomic E-state index is 0.232. The first-order valence-electron chi connectivity index (χ1n) is 9.09. The van der Waals surface area contributed by atoms with Crippen molar-refractivity contribution < 1.29 is 34.4 Å². The zero-order valence-corrected chi connectivity index (χ0v) is 16.0. The molecule has 7 heteroatoms. The van der Waals surface area contributed by atoms with Crippen LogP contribution in [0.1, 0.15) is 18.1 Å². The molecular formula is C22H24O7. The minimum atomic E-state index is -2.68. The average molecular weight is 400 g/mol. The van der Waals surface area contributed by atoms with Crippen LogP contribution in [0.25, 0.3) is 0 Å². The van der Waals surface area contributed by atoms with Gasteiger partial charge in [-0.15, -0.1) is 0 Å². The van der Waals surface area contributed by atoms with Crippen LogP contribution in [0.3, 0.4) is 0 Å². The number of benzene rings is 2.